The van der Waals surface area contributed by atoms with Gasteiger partial charge in [0.05, 0.1) is 5.71 Å². The van der Waals surface area contributed by atoms with Gasteiger partial charge in [0.1, 0.15) is 0 Å². The van der Waals surface area contributed by atoms with Crippen LogP contribution in [0.25, 0.3) is 0 Å². The van der Waals surface area contributed by atoms with Gasteiger partial charge in [0.15, 0.2) is 0 Å². The van der Waals surface area contributed by atoms with Gasteiger partial charge in [-0.3, -0.25) is 9.59 Å². The molecule has 0 spiro atoms. The Morgan fingerprint density at radius 3 is 2.14 bits per heavy atom. The number of carbonyl (C=O) groups excluding carboxylic acids is 2. The number of hydrazone groups is 1. The molecule has 0 unspecified atom stereocenters. The third-order valence-corrected chi connectivity index (χ3v) is 4.52. The normalized spacial score (nSPS) is 11.1. The van der Waals surface area contributed by atoms with Gasteiger partial charge in [0.25, 0.3) is 11.8 Å². The van der Waals surface area contributed by atoms with Crippen molar-refractivity contribution < 1.29 is 9.59 Å². The van der Waals surface area contributed by atoms with Crippen LogP contribution in [0.4, 0.5) is 5.69 Å². The third kappa shape index (κ3) is 5.53. The molecule has 5 nitrogen and oxygen atoms in total. The smallest absolute Gasteiger partial charge is 0.271 e. The van der Waals surface area contributed by atoms with Gasteiger partial charge in [0.2, 0.25) is 0 Å². The molecule has 0 saturated carbocycles. The van der Waals surface area contributed by atoms with E-state index in [4.69, 9.17) is 11.6 Å². The summed E-state index contributed by atoms with van der Waals surface area (Å²) in [4.78, 5) is 24.4. The number of nitrogens with one attached hydrogen (secondary N) is 2. The summed E-state index contributed by atoms with van der Waals surface area (Å²) in [5.41, 5.74) is 6.80. The summed E-state index contributed by atoms with van der Waals surface area (Å²) in [6.45, 7) is 3.73. The van der Waals surface area contributed by atoms with Gasteiger partial charge in [-0.05, 0) is 67.9 Å². The van der Waals surface area contributed by atoms with Gasteiger partial charge in [0, 0.05) is 21.8 Å². The van der Waals surface area contributed by atoms with E-state index >= 15 is 0 Å². The first-order chi connectivity index (χ1) is 13.9. The Labute approximate surface area is 174 Å². The van der Waals surface area contributed by atoms with E-state index in [1.54, 1.807) is 55.5 Å². The molecule has 3 rings (SSSR count). The molecule has 0 bridgehead atoms. The quantitative estimate of drug-likeness (QED) is 0.460. The van der Waals surface area contributed by atoms with Crippen LogP contribution in [0.5, 0.6) is 0 Å². The fourth-order valence-corrected chi connectivity index (χ4v) is 2.78. The molecule has 3 aromatic carbocycles. The van der Waals surface area contributed by atoms with Gasteiger partial charge in [-0.1, -0.05) is 41.4 Å². The molecule has 3 aromatic rings. The highest BCUT2D eigenvalue weighted by molar-refractivity contribution is 6.30. The summed E-state index contributed by atoms with van der Waals surface area (Å²) in [6.07, 6.45) is 0. The standard InChI is InChI=1S/C23H20ClN3O2/c1-15-4-3-5-19(14-15)23(29)27-26-16(2)17-8-12-21(13-9-17)25-22(28)18-6-10-20(24)11-7-18/h3-14H,1-2H3,(H,25,28)(H,27,29)/b26-16-. The number of rotatable bonds is 5. The summed E-state index contributed by atoms with van der Waals surface area (Å²) in [5, 5.41) is 7.57. The predicted octanol–water partition coefficient (Wildman–Crippen LogP) is 5.05. The summed E-state index contributed by atoms with van der Waals surface area (Å²) >= 11 is 5.84. The maximum absolute atomic E-state index is 12.3. The van der Waals surface area contributed by atoms with Crippen molar-refractivity contribution >= 4 is 34.8 Å². The zero-order chi connectivity index (χ0) is 20.8. The Kier molecular flexibility index (Phi) is 6.42. The first kappa shape index (κ1) is 20.3. The fraction of sp³-hybridized carbons (Fsp3) is 0.0870. The second kappa shape index (κ2) is 9.17. The summed E-state index contributed by atoms with van der Waals surface area (Å²) in [6, 6.07) is 21.2. The Hall–Kier alpha value is -3.44. The minimum absolute atomic E-state index is 0.217. The van der Waals surface area contributed by atoms with E-state index in [9.17, 15) is 9.59 Å². The first-order valence-corrected chi connectivity index (χ1v) is 9.39. The van der Waals surface area contributed by atoms with Gasteiger partial charge >= 0.3 is 0 Å². The van der Waals surface area contributed by atoms with Crippen molar-refractivity contribution in [3.63, 3.8) is 0 Å². The van der Waals surface area contributed by atoms with Crippen molar-refractivity contribution in [3.05, 3.63) is 100 Å². The lowest BCUT2D eigenvalue weighted by atomic mass is 10.1. The summed E-state index contributed by atoms with van der Waals surface area (Å²) < 4.78 is 0. The average Bonchev–Trinajstić information content (AvgIpc) is 2.72. The fourth-order valence-electron chi connectivity index (χ4n) is 2.65. The number of nitrogens with zero attached hydrogens (tertiary/aromatic N) is 1. The Morgan fingerprint density at radius 1 is 0.828 bits per heavy atom. The minimum atomic E-state index is -0.264. The molecule has 0 aliphatic heterocycles. The van der Waals surface area contributed by atoms with E-state index in [1.807, 2.05) is 31.2 Å². The number of carbonyl (C=O) groups is 2. The number of halogens is 1. The lowest BCUT2D eigenvalue weighted by molar-refractivity contribution is 0.0954. The lowest BCUT2D eigenvalue weighted by Crippen LogP contribution is -2.19. The number of benzene rings is 3. The molecule has 0 heterocycles. The van der Waals surface area contributed by atoms with Crippen LogP contribution >= 0.6 is 11.6 Å². The molecule has 6 heteroatoms. The summed E-state index contributed by atoms with van der Waals surface area (Å²) in [5.74, 6) is -0.481. The molecule has 29 heavy (non-hydrogen) atoms. The number of amides is 2. The Bertz CT molecular complexity index is 1060. The predicted molar refractivity (Wildman–Crippen MR) is 117 cm³/mol. The summed E-state index contributed by atoms with van der Waals surface area (Å²) in [7, 11) is 0. The molecular weight excluding hydrogens is 386 g/mol. The Balaban J connectivity index is 1.62. The maximum atomic E-state index is 12.3. The largest absolute Gasteiger partial charge is 0.322 e. The van der Waals surface area contributed by atoms with Gasteiger partial charge < -0.3 is 5.32 Å². The van der Waals surface area contributed by atoms with Crippen LogP contribution in [0, 0.1) is 6.92 Å². The van der Waals surface area contributed by atoms with E-state index in [1.165, 1.54) is 0 Å². The molecule has 146 valence electrons. The van der Waals surface area contributed by atoms with Crippen LogP contribution in [0.3, 0.4) is 0 Å². The van der Waals surface area contributed by atoms with Crippen molar-refractivity contribution in [2.75, 3.05) is 5.32 Å². The molecule has 0 aliphatic carbocycles. The number of hydrogen-bond acceptors (Lipinski definition) is 3. The molecule has 0 radical (unpaired) electrons. The van der Waals surface area contributed by atoms with Gasteiger partial charge in [-0.15, -0.1) is 0 Å². The van der Waals surface area contributed by atoms with E-state index in [0.29, 0.717) is 27.5 Å². The van der Waals surface area contributed by atoms with Crippen LogP contribution < -0.4 is 10.7 Å². The Morgan fingerprint density at radius 2 is 1.48 bits per heavy atom. The lowest BCUT2D eigenvalue weighted by Gasteiger charge is -2.07. The van der Waals surface area contributed by atoms with Crippen molar-refractivity contribution in [3.8, 4) is 0 Å². The molecule has 0 aromatic heterocycles. The molecule has 0 atom stereocenters. The molecule has 0 aliphatic rings. The van der Waals surface area contributed by atoms with E-state index in [-0.39, 0.29) is 11.8 Å². The second-order valence-corrected chi connectivity index (χ2v) is 6.98. The first-order valence-electron chi connectivity index (χ1n) is 9.01. The zero-order valence-corrected chi connectivity index (χ0v) is 16.8. The second-order valence-electron chi connectivity index (χ2n) is 6.55. The highest BCUT2D eigenvalue weighted by Gasteiger charge is 2.07. The van der Waals surface area contributed by atoms with E-state index < -0.39 is 0 Å². The number of anilines is 1. The minimum Gasteiger partial charge on any atom is -0.322 e. The van der Waals surface area contributed by atoms with Crippen LogP contribution in [-0.2, 0) is 0 Å². The SMILES string of the molecule is C/C(=N/NC(=O)c1cccc(C)c1)c1ccc(NC(=O)c2ccc(Cl)cc2)cc1. The highest BCUT2D eigenvalue weighted by atomic mass is 35.5. The molecule has 0 fully saturated rings. The van der Waals surface area contributed by atoms with Crippen LogP contribution in [-0.4, -0.2) is 17.5 Å². The topological polar surface area (TPSA) is 70.6 Å². The highest BCUT2D eigenvalue weighted by Crippen LogP contribution is 2.14. The van der Waals surface area contributed by atoms with Gasteiger partial charge in [-0.25, -0.2) is 5.43 Å². The van der Waals surface area contributed by atoms with Crippen molar-refractivity contribution in [2.24, 2.45) is 5.10 Å². The molecular formula is C23H20ClN3O2. The monoisotopic (exact) mass is 405 g/mol. The molecule has 0 saturated heterocycles. The molecule has 2 N–H and O–H groups in total. The van der Waals surface area contributed by atoms with Crippen LogP contribution in [0.2, 0.25) is 5.02 Å². The van der Waals surface area contributed by atoms with E-state index in [2.05, 4.69) is 15.8 Å². The number of aryl methyl sites for hydroxylation is 1. The van der Waals surface area contributed by atoms with Crippen molar-refractivity contribution in [2.45, 2.75) is 13.8 Å². The maximum Gasteiger partial charge on any atom is 0.271 e. The van der Waals surface area contributed by atoms with Crippen LogP contribution in [0.15, 0.2) is 77.9 Å². The zero-order valence-electron chi connectivity index (χ0n) is 16.1. The third-order valence-electron chi connectivity index (χ3n) is 4.27. The van der Waals surface area contributed by atoms with Gasteiger partial charge in [-0.2, -0.15) is 5.10 Å². The van der Waals surface area contributed by atoms with Crippen LogP contribution in [0.1, 0.15) is 38.8 Å². The number of hydrogen-bond donors (Lipinski definition) is 2. The van der Waals surface area contributed by atoms with Crippen molar-refractivity contribution in [1.29, 1.82) is 0 Å². The van der Waals surface area contributed by atoms with Crippen molar-refractivity contribution in [1.82, 2.24) is 5.43 Å². The molecule has 2 amide bonds. The van der Waals surface area contributed by atoms with E-state index in [0.717, 1.165) is 11.1 Å². The average molecular weight is 406 g/mol.